The summed E-state index contributed by atoms with van der Waals surface area (Å²) in [5.41, 5.74) is 6.97. The highest BCUT2D eigenvalue weighted by Crippen LogP contribution is 2.31. The summed E-state index contributed by atoms with van der Waals surface area (Å²) >= 11 is 12.9. The minimum atomic E-state index is 0.485. The molecular weight excluding hydrogens is 215 g/mol. The number of anilines is 1. The predicted molar refractivity (Wildman–Crippen MR) is 54.1 cm³/mol. The van der Waals surface area contributed by atoms with E-state index in [4.69, 9.17) is 28.9 Å². The van der Waals surface area contributed by atoms with Gasteiger partial charge in [-0.15, -0.1) is 11.3 Å². The van der Waals surface area contributed by atoms with E-state index >= 15 is 0 Å². The maximum absolute atomic E-state index is 5.79. The molecular formula is C7H4Cl2N2S. The Balaban J connectivity index is 2.88. The van der Waals surface area contributed by atoms with Crippen LogP contribution in [0.15, 0.2) is 12.1 Å². The van der Waals surface area contributed by atoms with Crippen LogP contribution in [0, 0.1) is 0 Å². The normalized spacial score (nSPS) is 10.8. The molecule has 2 nitrogen and oxygen atoms in total. The number of benzene rings is 1. The van der Waals surface area contributed by atoms with Crippen LogP contribution in [-0.2, 0) is 0 Å². The van der Waals surface area contributed by atoms with Gasteiger partial charge in [-0.25, -0.2) is 4.98 Å². The highest BCUT2D eigenvalue weighted by molar-refractivity contribution is 7.22. The first kappa shape index (κ1) is 8.10. The molecule has 5 heteroatoms. The predicted octanol–water partition coefficient (Wildman–Crippen LogP) is 3.19. The van der Waals surface area contributed by atoms with Gasteiger partial charge in [0, 0.05) is 5.02 Å². The average molecular weight is 219 g/mol. The number of halogens is 2. The highest BCUT2D eigenvalue weighted by atomic mass is 35.5. The molecule has 0 radical (unpaired) electrons. The third kappa shape index (κ3) is 1.24. The summed E-state index contributed by atoms with van der Waals surface area (Å²) in [6.07, 6.45) is 0. The lowest BCUT2D eigenvalue weighted by Gasteiger charge is -1.94. The van der Waals surface area contributed by atoms with Gasteiger partial charge in [0.15, 0.2) is 4.47 Å². The number of nitrogens with zero attached hydrogens (tertiary/aromatic N) is 1. The van der Waals surface area contributed by atoms with Gasteiger partial charge in [0.2, 0.25) is 0 Å². The summed E-state index contributed by atoms with van der Waals surface area (Å²) in [6.45, 7) is 0. The SMILES string of the molecule is Nc1cc(Cl)cc2sc(Cl)nc12. The number of aromatic nitrogens is 1. The molecule has 2 aromatic rings. The van der Waals surface area contributed by atoms with Crippen molar-refractivity contribution < 1.29 is 0 Å². The molecule has 0 bridgehead atoms. The van der Waals surface area contributed by atoms with Crippen molar-refractivity contribution in [2.75, 3.05) is 5.73 Å². The van der Waals surface area contributed by atoms with Gasteiger partial charge in [-0.2, -0.15) is 0 Å². The molecule has 0 aliphatic rings. The van der Waals surface area contributed by atoms with Crippen molar-refractivity contribution in [3.8, 4) is 0 Å². The van der Waals surface area contributed by atoms with Gasteiger partial charge in [0.05, 0.1) is 10.4 Å². The standard InChI is InChI=1S/C7H4Cl2N2S/c8-3-1-4(10)6-5(2-3)12-7(9)11-6/h1-2H,10H2. The Hall–Kier alpha value is -0.510. The van der Waals surface area contributed by atoms with Crippen molar-refractivity contribution in [1.29, 1.82) is 0 Å². The van der Waals surface area contributed by atoms with Crippen LogP contribution in [0.4, 0.5) is 5.69 Å². The van der Waals surface area contributed by atoms with E-state index < -0.39 is 0 Å². The van der Waals surface area contributed by atoms with Crippen LogP contribution in [-0.4, -0.2) is 4.98 Å². The van der Waals surface area contributed by atoms with Gasteiger partial charge in [0.1, 0.15) is 5.52 Å². The van der Waals surface area contributed by atoms with Crippen LogP contribution in [0.5, 0.6) is 0 Å². The minimum Gasteiger partial charge on any atom is -0.397 e. The Labute approximate surface area is 82.9 Å². The molecule has 0 fully saturated rings. The second kappa shape index (κ2) is 2.76. The summed E-state index contributed by atoms with van der Waals surface area (Å²) in [6, 6.07) is 3.47. The number of fused-ring (bicyclic) bond motifs is 1. The Bertz CT molecular complexity index is 438. The summed E-state index contributed by atoms with van der Waals surface area (Å²) in [4.78, 5) is 4.05. The van der Waals surface area contributed by atoms with Crippen molar-refractivity contribution in [3.05, 3.63) is 21.6 Å². The first-order valence-corrected chi connectivity index (χ1v) is 4.75. The number of hydrogen-bond donors (Lipinski definition) is 1. The maximum atomic E-state index is 5.79. The number of thiazole rings is 1. The summed E-state index contributed by atoms with van der Waals surface area (Å²) < 4.78 is 1.41. The molecule has 1 heterocycles. The topological polar surface area (TPSA) is 38.9 Å². The molecule has 2 rings (SSSR count). The molecule has 0 saturated heterocycles. The van der Waals surface area contributed by atoms with E-state index in [9.17, 15) is 0 Å². The van der Waals surface area contributed by atoms with Gasteiger partial charge in [-0.3, -0.25) is 0 Å². The zero-order valence-corrected chi connectivity index (χ0v) is 8.17. The Morgan fingerprint density at radius 1 is 1.33 bits per heavy atom. The summed E-state index contributed by atoms with van der Waals surface area (Å²) in [5, 5.41) is 0.611. The first-order valence-electron chi connectivity index (χ1n) is 3.18. The molecule has 0 unspecified atom stereocenters. The van der Waals surface area contributed by atoms with Crippen molar-refractivity contribution in [1.82, 2.24) is 4.98 Å². The average Bonchev–Trinajstić information content (AvgIpc) is 2.29. The van der Waals surface area contributed by atoms with E-state index in [1.165, 1.54) is 11.3 Å². The minimum absolute atomic E-state index is 0.485. The molecule has 0 aliphatic heterocycles. The molecule has 1 aromatic heterocycles. The van der Waals surface area contributed by atoms with Crippen molar-refractivity contribution in [3.63, 3.8) is 0 Å². The maximum Gasteiger partial charge on any atom is 0.184 e. The second-order valence-electron chi connectivity index (χ2n) is 2.31. The van der Waals surface area contributed by atoms with Gasteiger partial charge < -0.3 is 5.73 Å². The van der Waals surface area contributed by atoms with Crippen molar-refractivity contribution in [2.45, 2.75) is 0 Å². The van der Waals surface area contributed by atoms with Crippen LogP contribution < -0.4 is 5.73 Å². The lowest BCUT2D eigenvalue weighted by Crippen LogP contribution is -1.85. The van der Waals surface area contributed by atoms with E-state index in [0.29, 0.717) is 15.2 Å². The molecule has 1 aromatic carbocycles. The molecule has 2 N–H and O–H groups in total. The number of nitrogens with two attached hydrogens (primary N) is 1. The van der Waals surface area contributed by atoms with Gasteiger partial charge in [-0.1, -0.05) is 23.2 Å². The third-order valence-corrected chi connectivity index (χ3v) is 2.79. The zero-order valence-electron chi connectivity index (χ0n) is 5.84. The van der Waals surface area contributed by atoms with Crippen LogP contribution in [0.3, 0.4) is 0 Å². The largest absolute Gasteiger partial charge is 0.397 e. The molecule has 12 heavy (non-hydrogen) atoms. The summed E-state index contributed by atoms with van der Waals surface area (Å²) in [5.74, 6) is 0. The number of nitrogen functional groups attached to an aromatic ring is 1. The quantitative estimate of drug-likeness (QED) is 0.691. The van der Waals surface area contributed by atoms with Crippen LogP contribution in [0.25, 0.3) is 10.2 Å². The van der Waals surface area contributed by atoms with Crippen LogP contribution in [0.2, 0.25) is 9.49 Å². The Kier molecular flexibility index (Phi) is 1.87. The fraction of sp³-hybridized carbons (Fsp3) is 0. The van der Waals surface area contributed by atoms with E-state index in [2.05, 4.69) is 4.98 Å². The first-order chi connectivity index (χ1) is 5.66. The molecule has 0 aliphatic carbocycles. The molecule has 62 valence electrons. The molecule has 0 spiro atoms. The smallest absolute Gasteiger partial charge is 0.184 e. The van der Waals surface area contributed by atoms with E-state index in [-0.39, 0.29) is 0 Å². The van der Waals surface area contributed by atoms with Gasteiger partial charge in [-0.05, 0) is 12.1 Å². The Morgan fingerprint density at radius 2 is 2.08 bits per heavy atom. The van der Waals surface area contributed by atoms with Crippen molar-refractivity contribution >= 4 is 50.4 Å². The van der Waals surface area contributed by atoms with E-state index in [0.717, 1.165) is 10.2 Å². The van der Waals surface area contributed by atoms with E-state index in [1.807, 2.05) is 0 Å². The Morgan fingerprint density at radius 3 is 2.83 bits per heavy atom. The number of hydrogen-bond acceptors (Lipinski definition) is 3. The molecule has 0 saturated carbocycles. The fourth-order valence-corrected chi connectivity index (χ4v) is 2.38. The fourth-order valence-electron chi connectivity index (χ4n) is 0.993. The van der Waals surface area contributed by atoms with Gasteiger partial charge in [0.25, 0.3) is 0 Å². The lowest BCUT2D eigenvalue weighted by molar-refractivity contribution is 1.50. The van der Waals surface area contributed by atoms with E-state index in [1.54, 1.807) is 12.1 Å². The molecule has 0 atom stereocenters. The lowest BCUT2D eigenvalue weighted by atomic mass is 10.3. The van der Waals surface area contributed by atoms with Crippen molar-refractivity contribution in [2.24, 2.45) is 0 Å². The van der Waals surface area contributed by atoms with Gasteiger partial charge >= 0.3 is 0 Å². The van der Waals surface area contributed by atoms with Crippen LogP contribution >= 0.6 is 34.5 Å². The zero-order chi connectivity index (χ0) is 8.72. The second-order valence-corrected chi connectivity index (χ2v) is 4.36. The number of rotatable bonds is 0. The van der Waals surface area contributed by atoms with Crippen LogP contribution in [0.1, 0.15) is 0 Å². The third-order valence-electron chi connectivity index (χ3n) is 1.46. The highest BCUT2D eigenvalue weighted by Gasteiger charge is 2.05. The summed E-state index contributed by atoms with van der Waals surface area (Å²) in [7, 11) is 0. The molecule has 0 amide bonds. The monoisotopic (exact) mass is 218 g/mol.